The number of aromatic nitrogens is 1. The third-order valence-corrected chi connectivity index (χ3v) is 4.09. The van der Waals surface area contributed by atoms with Gasteiger partial charge < -0.3 is 10.6 Å². The summed E-state index contributed by atoms with van der Waals surface area (Å²) in [5, 5.41) is 0. The van der Waals surface area contributed by atoms with Crippen LogP contribution in [-0.2, 0) is 0 Å². The summed E-state index contributed by atoms with van der Waals surface area (Å²) < 4.78 is 0. The number of nitrogens with zero attached hydrogens (tertiary/aromatic N) is 2. The predicted octanol–water partition coefficient (Wildman–Crippen LogP) is 2.43. The number of anilines is 2. The molecule has 16 heavy (non-hydrogen) atoms. The zero-order valence-electron chi connectivity index (χ0n) is 9.60. The maximum Gasteiger partial charge on any atom is 0.125 e. The lowest BCUT2D eigenvalue weighted by molar-refractivity contribution is 0.362. The van der Waals surface area contributed by atoms with E-state index in [1.165, 1.54) is 44.3 Å². The molecule has 1 saturated carbocycles. The summed E-state index contributed by atoms with van der Waals surface area (Å²) in [4.78, 5) is 6.63. The number of nitrogen functional groups attached to an aromatic ring is 1. The highest BCUT2D eigenvalue weighted by Crippen LogP contribution is 2.39. The SMILES string of the molecule is Nc1cc(N2CCCC3CCCC32)ccn1. The molecule has 2 unspecified atom stereocenters. The zero-order chi connectivity index (χ0) is 11.0. The maximum atomic E-state index is 5.76. The number of hydrogen-bond acceptors (Lipinski definition) is 3. The summed E-state index contributed by atoms with van der Waals surface area (Å²) in [5.41, 5.74) is 7.03. The van der Waals surface area contributed by atoms with Crippen molar-refractivity contribution in [3.05, 3.63) is 18.3 Å². The minimum Gasteiger partial charge on any atom is -0.384 e. The predicted molar refractivity (Wildman–Crippen MR) is 66.4 cm³/mol. The monoisotopic (exact) mass is 217 g/mol. The van der Waals surface area contributed by atoms with Gasteiger partial charge in [0.25, 0.3) is 0 Å². The van der Waals surface area contributed by atoms with Gasteiger partial charge in [-0.2, -0.15) is 0 Å². The number of piperidine rings is 1. The van der Waals surface area contributed by atoms with Crippen LogP contribution in [0.2, 0.25) is 0 Å². The first-order chi connectivity index (χ1) is 7.84. The van der Waals surface area contributed by atoms with E-state index >= 15 is 0 Å². The average molecular weight is 217 g/mol. The van der Waals surface area contributed by atoms with Gasteiger partial charge in [-0.05, 0) is 37.7 Å². The second kappa shape index (κ2) is 3.96. The summed E-state index contributed by atoms with van der Waals surface area (Å²) in [6, 6.07) is 4.87. The number of hydrogen-bond donors (Lipinski definition) is 1. The highest BCUT2D eigenvalue weighted by molar-refractivity contribution is 5.53. The molecule has 0 aromatic carbocycles. The molecule has 3 nitrogen and oxygen atoms in total. The fourth-order valence-corrected chi connectivity index (χ4v) is 3.39. The van der Waals surface area contributed by atoms with Gasteiger partial charge in [-0.25, -0.2) is 4.98 Å². The van der Waals surface area contributed by atoms with Crippen molar-refractivity contribution < 1.29 is 0 Å². The van der Waals surface area contributed by atoms with Crippen LogP contribution in [0.4, 0.5) is 11.5 Å². The van der Waals surface area contributed by atoms with E-state index in [2.05, 4.69) is 16.0 Å². The Bertz CT molecular complexity index is 377. The minimum atomic E-state index is 0.637. The standard InChI is InChI=1S/C13H19N3/c14-13-9-11(6-7-15-13)16-8-2-4-10-3-1-5-12(10)16/h6-7,9-10,12H,1-5,8H2,(H2,14,15). The van der Waals surface area contributed by atoms with Crippen LogP contribution in [0.15, 0.2) is 18.3 Å². The molecule has 86 valence electrons. The molecule has 1 aliphatic carbocycles. The van der Waals surface area contributed by atoms with Crippen LogP contribution >= 0.6 is 0 Å². The second-order valence-corrected chi connectivity index (χ2v) is 5.03. The van der Waals surface area contributed by atoms with E-state index in [-0.39, 0.29) is 0 Å². The van der Waals surface area contributed by atoms with Crippen LogP contribution in [-0.4, -0.2) is 17.6 Å². The van der Waals surface area contributed by atoms with Crippen molar-refractivity contribution in [2.75, 3.05) is 17.2 Å². The first-order valence-corrected chi connectivity index (χ1v) is 6.33. The van der Waals surface area contributed by atoms with Crippen molar-refractivity contribution in [3.8, 4) is 0 Å². The number of fused-ring (bicyclic) bond motifs is 1. The molecule has 2 heterocycles. The lowest BCUT2D eigenvalue weighted by Crippen LogP contribution is -2.42. The van der Waals surface area contributed by atoms with Crippen molar-refractivity contribution in [3.63, 3.8) is 0 Å². The molecule has 1 aliphatic heterocycles. The van der Waals surface area contributed by atoms with E-state index in [1.54, 1.807) is 0 Å². The Hall–Kier alpha value is -1.25. The molecule has 0 bridgehead atoms. The third kappa shape index (κ3) is 1.64. The average Bonchev–Trinajstić information content (AvgIpc) is 2.76. The second-order valence-electron chi connectivity index (χ2n) is 5.03. The van der Waals surface area contributed by atoms with Crippen LogP contribution in [0.3, 0.4) is 0 Å². The van der Waals surface area contributed by atoms with Gasteiger partial charge in [0.05, 0.1) is 0 Å². The highest BCUT2D eigenvalue weighted by atomic mass is 15.2. The van der Waals surface area contributed by atoms with Gasteiger partial charge in [-0.3, -0.25) is 0 Å². The van der Waals surface area contributed by atoms with Gasteiger partial charge in [0.2, 0.25) is 0 Å². The molecule has 0 amide bonds. The Morgan fingerprint density at radius 2 is 2.12 bits per heavy atom. The summed E-state index contributed by atoms with van der Waals surface area (Å²) >= 11 is 0. The summed E-state index contributed by atoms with van der Waals surface area (Å²) in [5.74, 6) is 1.56. The fourth-order valence-electron chi connectivity index (χ4n) is 3.39. The van der Waals surface area contributed by atoms with Crippen LogP contribution < -0.4 is 10.6 Å². The topological polar surface area (TPSA) is 42.1 Å². The van der Waals surface area contributed by atoms with Gasteiger partial charge >= 0.3 is 0 Å². The molecule has 1 aromatic rings. The molecular formula is C13H19N3. The van der Waals surface area contributed by atoms with E-state index in [1.807, 2.05) is 12.3 Å². The molecule has 2 N–H and O–H groups in total. The maximum absolute atomic E-state index is 5.76. The van der Waals surface area contributed by atoms with Crippen molar-refractivity contribution in [2.24, 2.45) is 5.92 Å². The Kier molecular flexibility index (Phi) is 2.46. The van der Waals surface area contributed by atoms with E-state index in [0.29, 0.717) is 5.82 Å². The lowest BCUT2D eigenvalue weighted by atomic mass is 9.91. The van der Waals surface area contributed by atoms with Crippen LogP contribution in [0.5, 0.6) is 0 Å². The van der Waals surface area contributed by atoms with Gasteiger partial charge in [0.15, 0.2) is 0 Å². The fraction of sp³-hybridized carbons (Fsp3) is 0.615. The first kappa shape index (κ1) is 9.94. The van der Waals surface area contributed by atoms with Crippen LogP contribution in [0, 0.1) is 5.92 Å². The molecule has 2 atom stereocenters. The third-order valence-electron chi connectivity index (χ3n) is 4.09. The minimum absolute atomic E-state index is 0.637. The van der Waals surface area contributed by atoms with Crippen LogP contribution in [0.25, 0.3) is 0 Å². The van der Waals surface area contributed by atoms with E-state index in [9.17, 15) is 0 Å². The Balaban J connectivity index is 1.88. The summed E-state index contributed by atoms with van der Waals surface area (Å²) in [6.07, 6.45) is 8.73. The van der Waals surface area contributed by atoms with Crippen LogP contribution in [0.1, 0.15) is 32.1 Å². The quantitative estimate of drug-likeness (QED) is 0.785. The van der Waals surface area contributed by atoms with Gasteiger partial charge in [-0.15, -0.1) is 0 Å². The normalized spacial score (nSPS) is 29.1. The molecular weight excluding hydrogens is 198 g/mol. The van der Waals surface area contributed by atoms with E-state index < -0.39 is 0 Å². The Morgan fingerprint density at radius 3 is 3.00 bits per heavy atom. The molecule has 1 aromatic heterocycles. The van der Waals surface area contributed by atoms with E-state index in [0.717, 1.165) is 12.0 Å². The summed E-state index contributed by atoms with van der Waals surface area (Å²) in [6.45, 7) is 1.19. The van der Waals surface area contributed by atoms with Crippen molar-refractivity contribution in [1.82, 2.24) is 4.98 Å². The molecule has 1 saturated heterocycles. The van der Waals surface area contributed by atoms with Crippen molar-refractivity contribution in [2.45, 2.75) is 38.1 Å². The molecule has 3 rings (SSSR count). The van der Waals surface area contributed by atoms with E-state index in [4.69, 9.17) is 5.73 Å². The molecule has 0 radical (unpaired) electrons. The largest absolute Gasteiger partial charge is 0.384 e. The Morgan fingerprint density at radius 1 is 1.25 bits per heavy atom. The number of rotatable bonds is 1. The van der Waals surface area contributed by atoms with Gasteiger partial charge in [-0.1, -0.05) is 6.42 Å². The lowest BCUT2D eigenvalue weighted by Gasteiger charge is -2.39. The van der Waals surface area contributed by atoms with Crippen molar-refractivity contribution >= 4 is 11.5 Å². The molecule has 2 aliphatic rings. The smallest absolute Gasteiger partial charge is 0.125 e. The molecule has 0 spiro atoms. The number of pyridine rings is 1. The Labute approximate surface area is 96.7 Å². The zero-order valence-corrected chi connectivity index (χ0v) is 9.60. The van der Waals surface area contributed by atoms with Crippen molar-refractivity contribution in [1.29, 1.82) is 0 Å². The number of nitrogens with two attached hydrogens (primary N) is 1. The first-order valence-electron chi connectivity index (χ1n) is 6.33. The highest BCUT2D eigenvalue weighted by Gasteiger charge is 2.34. The van der Waals surface area contributed by atoms with Gasteiger partial charge in [0, 0.05) is 30.5 Å². The van der Waals surface area contributed by atoms with Gasteiger partial charge in [0.1, 0.15) is 5.82 Å². The molecule has 2 fully saturated rings. The summed E-state index contributed by atoms with van der Waals surface area (Å²) in [7, 11) is 0. The molecule has 3 heteroatoms.